The van der Waals surface area contributed by atoms with Crippen molar-refractivity contribution < 1.29 is 9.59 Å². The van der Waals surface area contributed by atoms with E-state index in [4.69, 9.17) is 23.2 Å². The molecule has 6 heteroatoms. The van der Waals surface area contributed by atoms with E-state index in [9.17, 15) is 9.59 Å². The van der Waals surface area contributed by atoms with E-state index in [1.54, 1.807) is 30.0 Å². The van der Waals surface area contributed by atoms with Gasteiger partial charge in [0, 0.05) is 22.1 Å². The van der Waals surface area contributed by atoms with Gasteiger partial charge in [0.1, 0.15) is 6.04 Å². The Kier molecular flexibility index (Phi) is 7.95. The number of nitrogens with zero attached hydrogens (tertiary/aromatic N) is 1. The van der Waals surface area contributed by atoms with Crippen LogP contribution in [0.4, 0.5) is 0 Å². The molecule has 1 unspecified atom stereocenters. The lowest BCUT2D eigenvalue weighted by Crippen LogP contribution is -2.52. The molecular weight excluding hydrogens is 419 g/mol. The lowest BCUT2D eigenvalue weighted by Gasteiger charge is -2.32. The minimum Gasteiger partial charge on any atom is -0.350 e. The molecular formula is C24H30Cl2N2O2. The third-order valence-corrected chi connectivity index (χ3v) is 5.25. The van der Waals surface area contributed by atoms with Crippen LogP contribution in [0.2, 0.25) is 10.0 Å². The van der Waals surface area contributed by atoms with Crippen molar-refractivity contribution >= 4 is 35.0 Å². The number of carbonyl (C=O) groups is 2. The first-order valence-electron chi connectivity index (χ1n) is 9.98. The maximum atomic E-state index is 13.3. The molecule has 2 rings (SSSR count). The van der Waals surface area contributed by atoms with E-state index >= 15 is 0 Å². The van der Waals surface area contributed by atoms with Crippen molar-refractivity contribution in [1.82, 2.24) is 10.2 Å². The number of rotatable bonds is 6. The van der Waals surface area contributed by atoms with Gasteiger partial charge in [0.25, 0.3) is 0 Å². The van der Waals surface area contributed by atoms with Gasteiger partial charge < -0.3 is 10.2 Å². The van der Waals surface area contributed by atoms with Crippen molar-refractivity contribution in [2.45, 2.75) is 66.1 Å². The Morgan fingerprint density at radius 3 is 2.17 bits per heavy atom. The van der Waals surface area contributed by atoms with Gasteiger partial charge in [0.05, 0.1) is 6.42 Å². The van der Waals surface area contributed by atoms with E-state index in [-0.39, 0.29) is 24.8 Å². The Balaban J connectivity index is 2.33. The molecule has 1 N–H and O–H groups in total. The fourth-order valence-electron chi connectivity index (χ4n) is 3.34. The van der Waals surface area contributed by atoms with Crippen LogP contribution in [0.15, 0.2) is 36.4 Å². The van der Waals surface area contributed by atoms with Gasteiger partial charge in [-0.05, 0) is 64.8 Å². The molecule has 2 amide bonds. The number of aryl methyl sites for hydroxylation is 2. The molecule has 0 saturated heterocycles. The predicted octanol–water partition coefficient (Wildman–Crippen LogP) is 5.48. The van der Waals surface area contributed by atoms with E-state index in [2.05, 4.69) is 11.4 Å². The molecule has 0 fully saturated rings. The number of hydrogen-bond acceptors (Lipinski definition) is 2. The summed E-state index contributed by atoms with van der Waals surface area (Å²) in [4.78, 5) is 27.7. The Labute approximate surface area is 189 Å². The topological polar surface area (TPSA) is 49.4 Å². The molecule has 0 radical (unpaired) electrons. The van der Waals surface area contributed by atoms with Gasteiger partial charge in [-0.2, -0.15) is 0 Å². The molecule has 162 valence electrons. The Morgan fingerprint density at radius 1 is 1.03 bits per heavy atom. The molecule has 0 heterocycles. The van der Waals surface area contributed by atoms with Crippen molar-refractivity contribution in [3.63, 3.8) is 0 Å². The highest BCUT2D eigenvalue weighted by atomic mass is 35.5. The summed E-state index contributed by atoms with van der Waals surface area (Å²) in [5, 5.41) is 3.95. The molecule has 0 aliphatic rings. The number of halogens is 2. The van der Waals surface area contributed by atoms with Crippen LogP contribution in [-0.4, -0.2) is 28.3 Å². The van der Waals surface area contributed by atoms with Crippen molar-refractivity contribution in [3.05, 3.63) is 68.7 Å². The second-order valence-corrected chi connectivity index (χ2v) is 9.69. The van der Waals surface area contributed by atoms with Crippen LogP contribution in [0.1, 0.15) is 49.9 Å². The van der Waals surface area contributed by atoms with Crippen LogP contribution in [0.3, 0.4) is 0 Å². The Bertz CT molecular complexity index is 915. The third-order valence-electron chi connectivity index (χ3n) is 4.66. The molecule has 0 spiro atoms. The normalized spacial score (nSPS) is 12.4. The molecule has 0 bridgehead atoms. The number of nitrogens with one attached hydrogen (secondary N) is 1. The lowest BCUT2D eigenvalue weighted by atomic mass is 10.0. The van der Waals surface area contributed by atoms with Crippen LogP contribution in [-0.2, 0) is 22.6 Å². The van der Waals surface area contributed by atoms with E-state index in [0.29, 0.717) is 10.0 Å². The van der Waals surface area contributed by atoms with E-state index < -0.39 is 11.6 Å². The van der Waals surface area contributed by atoms with E-state index in [1.807, 2.05) is 46.8 Å². The first-order valence-corrected chi connectivity index (χ1v) is 10.7. The van der Waals surface area contributed by atoms with Crippen molar-refractivity contribution in [2.75, 3.05) is 0 Å². The summed E-state index contributed by atoms with van der Waals surface area (Å²) in [6.07, 6.45) is 0.209. The van der Waals surface area contributed by atoms with Crippen molar-refractivity contribution in [3.8, 4) is 0 Å². The van der Waals surface area contributed by atoms with Crippen molar-refractivity contribution in [1.29, 1.82) is 0 Å². The van der Waals surface area contributed by atoms with Crippen LogP contribution in [0.5, 0.6) is 0 Å². The number of hydrogen-bond donors (Lipinski definition) is 1. The van der Waals surface area contributed by atoms with Crippen LogP contribution in [0.25, 0.3) is 0 Å². The zero-order valence-electron chi connectivity index (χ0n) is 18.5. The molecule has 0 aromatic heterocycles. The van der Waals surface area contributed by atoms with Gasteiger partial charge in [-0.1, -0.05) is 58.6 Å². The smallest absolute Gasteiger partial charge is 0.242 e. The average molecular weight is 449 g/mol. The SMILES string of the molecule is Cc1cc(C)cc(CC(=O)N(Cc2ccc(Cl)cc2Cl)C(C)C(=O)NC(C)(C)C)c1. The van der Waals surface area contributed by atoms with Gasteiger partial charge >= 0.3 is 0 Å². The first-order chi connectivity index (χ1) is 13.9. The fourth-order valence-corrected chi connectivity index (χ4v) is 3.81. The zero-order chi connectivity index (χ0) is 22.6. The number of carbonyl (C=O) groups excluding carboxylic acids is 2. The van der Waals surface area contributed by atoms with Crippen molar-refractivity contribution in [2.24, 2.45) is 0 Å². The summed E-state index contributed by atoms with van der Waals surface area (Å²) < 4.78 is 0. The molecule has 1 atom stereocenters. The lowest BCUT2D eigenvalue weighted by molar-refractivity contribution is -0.140. The van der Waals surface area contributed by atoms with Gasteiger partial charge in [0.15, 0.2) is 0 Å². The molecule has 0 saturated carbocycles. The highest BCUT2D eigenvalue weighted by Gasteiger charge is 2.29. The second-order valence-electron chi connectivity index (χ2n) is 8.85. The maximum absolute atomic E-state index is 13.3. The summed E-state index contributed by atoms with van der Waals surface area (Å²) in [5.74, 6) is -0.344. The number of benzene rings is 2. The van der Waals surface area contributed by atoms with E-state index in [1.165, 1.54) is 0 Å². The molecule has 2 aromatic carbocycles. The minimum atomic E-state index is -0.658. The average Bonchev–Trinajstić information content (AvgIpc) is 2.58. The third kappa shape index (κ3) is 7.03. The molecule has 4 nitrogen and oxygen atoms in total. The molecule has 0 aliphatic carbocycles. The standard InChI is InChI=1S/C24H30Cl2N2O2/c1-15-9-16(2)11-18(10-15)12-22(29)28(17(3)23(30)27-24(4,5)6)14-19-7-8-20(25)13-21(19)26/h7-11,13,17H,12,14H2,1-6H3,(H,27,30). The zero-order valence-corrected chi connectivity index (χ0v) is 20.0. The molecule has 30 heavy (non-hydrogen) atoms. The summed E-state index contributed by atoms with van der Waals surface area (Å²) in [7, 11) is 0. The quantitative estimate of drug-likeness (QED) is 0.635. The highest BCUT2D eigenvalue weighted by molar-refractivity contribution is 6.35. The van der Waals surface area contributed by atoms with Gasteiger partial charge in [0.2, 0.25) is 11.8 Å². The fraction of sp³-hybridized carbons (Fsp3) is 0.417. The molecule has 0 aliphatic heterocycles. The van der Waals surface area contributed by atoms with E-state index in [0.717, 1.165) is 22.3 Å². The van der Waals surface area contributed by atoms with Crippen LogP contribution in [0, 0.1) is 13.8 Å². The second kappa shape index (κ2) is 9.84. The number of amides is 2. The predicted molar refractivity (Wildman–Crippen MR) is 124 cm³/mol. The summed E-state index contributed by atoms with van der Waals surface area (Å²) in [5.41, 5.74) is 3.47. The maximum Gasteiger partial charge on any atom is 0.242 e. The molecule has 2 aromatic rings. The largest absolute Gasteiger partial charge is 0.350 e. The van der Waals surface area contributed by atoms with Gasteiger partial charge in [-0.25, -0.2) is 0 Å². The summed E-state index contributed by atoms with van der Waals surface area (Å²) in [6, 6.07) is 10.6. The van der Waals surface area contributed by atoms with Gasteiger partial charge in [-0.3, -0.25) is 9.59 Å². The monoisotopic (exact) mass is 448 g/mol. The van der Waals surface area contributed by atoms with Crippen LogP contribution < -0.4 is 5.32 Å². The minimum absolute atomic E-state index is 0.137. The first kappa shape index (κ1) is 24.2. The summed E-state index contributed by atoms with van der Waals surface area (Å²) in [6.45, 7) is 11.7. The van der Waals surface area contributed by atoms with Gasteiger partial charge in [-0.15, -0.1) is 0 Å². The van der Waals surface area contributed by atoms with Crippen LogP contribution >= 0.6 is 23.2 Å². The Hall–Kier alpha value is -2.04. The highest BCUT2D eigenvalue weighted by Crippen LogP contribution is 2.24. The summed E-state index contributed by atoms with van der Waals surface area (Å²) >= 11 is 12.4. The Morgan fingerprint density at radius 2 is 1.63 bits per heavy atom.